The largest absolute Gasteiger partial charge is 0.495 e. The van der Waals surface area contributed by atoms with Gasteiger partial charge in [0.25, 0.3) is 0 Å². The van der Waals surface area contributed by atoms with Crippen molar-refractivity contribution < 1.29 is 28.6 Å². The number of hydrogen-bond donors (Lipinski definition) is 0. The van der Waals surface area contributed by atoms with Gasteiger partial charge in [-0.05, 0) is 30.7 Å². The minimum absolute atomic E-state index is 0.0490. The normalized spacial score (nSPS) is 17.8. The molecule has 0 aliphatic carbocycles. The number of ether oxygens (including phenoxy) is 3. The molecule has 2 heterocycles. The van der Waals surface area contributed by atoms with Gasteiger partial charge in [-0.25, -0.2) is 9.59 Å². The van der Waals surface area contributed by atoms with E-state index in [1.54, 1.807) is 18.1 Å². The molecule has 1 atom stereocenters. The Bertz CT molecular complexity index is 1260. The third-order valence-corrected chi connectivity index (χ3v) is 6.83. The molecule has 1 spiro atoms. The number of piperazine rings is 1. The van der Waals surface area contributed by atoms with Gasteiger partial charge in [-0.2, -0.15) is 0 Å². The lowest BCUT2D eigenvalue weighted by Crippen LogP contribution is -2.64. The molecule has 2 saturated heterocycles. The zero-order valence-electron chi connectivity index (χ0n) is 20.5. The molecule has 1 unspecified atom stereocenters. The predicted octanol–water partition coefficient (Wildman–Crippen LogP) is 3.63. The minimum Gasteiger partial charge on any atom is -0.495 e. The van der Waals surface area contributed by atoms with Crippen LogP contribution in [0.5, 0.6) is 5.75 Å². The van der Waals surface area contributed by atoms with Crippen LogP contribution in [0.25, 0.3) is 0 Å². The fourth-order valence-corrected chi connectivity index (χ4v) is 5.02. The van der Waals surface area contributed by atoms with Crippen LogP contribution in [0.3, 0.4) is 0 Å². The maximum atomic E-state index is 13.5. The summed E-state index contributed by atoms with van der Waals surface area (Å²) in [6, 6.07) is 26.3. The molecular formula is C29H28N2O6. The number of ketones is 1. The van der Waals surface area contributed by atoms with Crippen molar-refractivity contribution in [3.8, 4) is 5.75 Å². The van der Waals surface area contributed by atoms with E-state index in [4.69, 9.17) is 14.2 Å². The van der Waals surface area contributed by atoms with Gasteiger partial charge in [0.1, 0.15) is 5.75 Å². The summed E-state index contributed by atoms with van der Waals surface area (Å²) < 4.78 is 16.6. The zero-order chi connectivity index (χ0) is 25.8. The molecular weight excluding hydrogens is 472 g/mol. The van der Waals surface area contributed by atoms with Crippen LogP contribution in [0.4, 0.5) is 5.69 Å². The van der Waals surface area contributed by atoms with E-state index in [0.717, 1.165) is 5.56 Å². The highest BCUT2D eigenvalue weighted by Gasteiger charge is 2.56. The van der Waals surface area contributed by atoms with Crippen LogP contribution in [0.15, 0.2) is 84.9 Å². The van der Waals surface area contributed by atoms with Crippen LogP contribution in [0.2, 0.25) is 0 Å². The summed E-state index contributed by atoms with van der Waals surface area (Å²) >= 11 is 0. The molecule has 2 aliphatic rings. The summed E-state index contributed by atoms with van der Waals surface area (Å²) in [4.78, 5) is 41.6. The Morgan fingerprint density at radius 2 is 1.51 bits per heavy atom. The van der Waals surface area contributed by atoms with E-state index in [9.17, 15) is 14.4 Å². The van der Waals surface area contributed by atoms with E-state index >= 15 is 0 Å². The fourth-order valence-electron chi connectivity index (χ4n) is 5.02. The highest BCUT2D eigenvalue weighted by molar-refractivity contribution is 6.31. The van der Waals surface area contributed by atoms with Crippen LogP contribution < -0.4 is 9.64 Å². The number of hydrogen-bond acceptors (Lipinski definition) is 8. The average molecular weight is 501 g/mol. The Labute approximate surface area is 215 Å². The summed E-state index contributed by atoms with van der Waals surface area (Å²) in [6.07, 6.45) is 0.546. The zero-order valence-corrected chi connectivity index (χ0v) is 20.5. The molecule has 0 saturated carbocycles. The van der Waals surface area contributed by atoms with Gasteiger partial charge in [0.05, 0.1) is 19.3 Å². The highest BCUT2D eigenvalue weighted by Crippen LogP contribution is 2.39. The first-order chi connectivity index (χ1) is 18.0. The average Bonchev–Trinajstić information content (AvgIpc) is 3.22. The van der Waals surface area contributed by atoms with Crippen LogP contribution in [-0.2, 0) is 19.1 Å². The van der Waals surface area contributed by atoms with Crippen molar-refractivity contribution in [1.82, 2.24) is 4.90 Å². The molecule has 0 bridgehead atoms. The third-order valence-electron chi connectivity index (χ3n) is 6.83. The standard InChI is InChI=1S/C29H28N2O6/c1-35-25-15-9-8-14-24(25)31-19-18-30(20-29(31)36-27(33)28(34)37-29)17-16-23(21-10-4-2-5-11-21)26(32)22-12-6-3-7-13-22/h2-15,23H,16-20H2,1H3. The number of carbonyl (C=O) groups excluding carboxylic acids is 3. The van der Waals surface area contributed by atoms with Gasteiger partial charge in [-0.15, -0.1) is 0 Å². The molecule has 5 rings (SSSR count). The molecule has 3 aromatic carbocycles. The number of nitrogens with zero attached hydrogens (tertiary/aromatic N) is 2. The quantitative estimate of drug-likeness (QED) is 0.263. The Hall–Kier alpha value is -4.17. The second-order valence-electron chi connectivity index (χ2n) is 9.07. The van der Waals surface area contributed by atoms with Crippen molar-refractivity contribution in [2.45, 2.75) is 18.2 Å². The van der Waals surface area contributed by atoms with E-state index in [1.807, 2.05) is 78.9 Å². The van der Waals surface area contributed by atoms with E-state index in [0.29, 0.717) is 43.1 Å². The van der Waals surface area contributed by atoms with E-state index in [1.165, 1.54) is 0 Å². The van der Waals surface area contributed by atoms with Gasteiger partial charge < -0.3 is 14.2 Å². The van der Waals surface area contributed by atoms with Gasteiger partial charge in [0.2, 0.25) is 0 Å². The van der Waals surface area contributed by atoms with Crippen LogP contribution in [0, 0.1) is 0 Å². The lowest BCUT2D eigenvalue weighted by molar-refractivity contribution is -0.192. The first-order valence-electron chi connectivity index (χ1n) is 12.2. The van der Waals surface area contributed by atoms with Crippen molar-refractivity contribution >= 4 is 23.4 Å². The van der Waals surface area contributed by atoms with Crippen molar-refractivity contribution in [2.24, 2.45) is 0 Å². The summed E-state index contributed by atoms with van der Waals surface area (Å²) in [6.45, 7) is 1.71. The lowest BCUT2D eigenvalue weighted by Gasteiger charge is -2.46. The van der Waals surface area contributed by atoms with Crippen molar-refractivity contribution in [3.05, 3.63) is 96.1 Å². The molecule has 0 N–H and O–H groups in total. The molecule has 8 nitrogen and oxygen atoms in total. The second kappa shape index (κ2) is 10.4. The number of esters is 2. The Morgan fingerprint density at radius 3 is 2.19 bits per heavy atom. The molecule has 37 heavy (non-hydrogen) atoms. The molecule has 0 amide bonds. The topological polar surface area (TPSA) is 85.4 Å². The van der Waals surface area contributed by atoms with E-state index in [-0.39, 0.29) is 18.2 Å². The second-order valence-corrected chi connectivity index (χ2v) is 9.07. The number of carbonyl (C=O) groups is 3. The molecule has 0 radical (unpaired) electrons. The van der Waals surface area contributed by atoms with Crippen molar-refractivity contribution in [3.63, 3.8) is 0 Å². The predicted molar refractivity (Wildman–Crippen MR) is 136 cm³/mol. The molecule has 2 aliphatic heterocycles. The van der Waals surface area contributed by atoms with Gasteiger partial charge in [-0.3, -0.25) is 14.6 Å². The first-order valence-corrected chi connectivity index (χ1v) is 12.2. The van der Waals surface area contributed by atoms with Crippen LogP contribution in [-0.4, -0.2) is 61.8 Å². The summed E-state index contributed by atoms with van der Waals surface area (Å²) in [5, 5.41) is 0. The number of rotatable bonds is 8. The summed E-state index contributed by atoms with van der Waals surface area (Å²) in [7, 11) is 1.56. The Kier molecular flexibility index (Phi) is 6.92. The van der Waals surface area contributed by atoms with Crippen molar-refractivity contribution in [1.29, 1.82) is 0 Å². The van der Waals surface area contributed by atoms with Crippen LogP contribution >= 0.6 is 0 Å². The maximum Gasteiger partial charge on any atom is 0.422 e. The maximum absolute atomic E-state index is 13.5. The molecule has 190 valence electrons. The SMILES string of the molecule is COc1ccccc1N1CCN(CCC(C(=O)c2ccccc2)c2ccccc2)CC12OC(=O)C(=O)O2. The molecule has 2 fully saturated rings. The number of para-hydroxylation sites is 2. The van der Waals surface area contributed by atoms with Gasteiger partial charge >= 0.3 is 17.8 Å². The lowest BCUT2D eigenvalue weighted by atomic mass is 9.88. The third kappa shape index (κ3) is 4.93. The summed E-state index contributed by atoms with van der Waals surface area (Å²) in [5.41, 5.74) is 2.26. The molecule has 0 aromatic heterocycles. The van der Waals surface area contributed by atoms with E-state index < -0.39 is 17.8 Å². The number of methoxy groups -OCH3 is 1. The number of benzene rings is 3. The van der Waals surface area contributed by atoms with E-state index in [2.05, 4.69) is 4.90 Å². The summed E-state index contributed by atoms with van der Waals surface area (Å²) in [5.74, 6) is -3.38. The fraction of sp³-hybridized carbons (Fsp3) is 0.276. The van der Waals surface area contributed by atoms with Crippen molar-refractivity contribution in [2.75, 3.05) is 38.2 Å². The highest BCUT2D eigenvalue weighted by atomic mass is 16.8. The Balaban J connectivity index is 1.38. The number of anilines is 1. The molecule has 8 heteroatoms. The first kappa shape index (κ1) is 24.5. The smallest absolute Gasteiger partial charge is 0.422 e. The van der Waals surface area contributed by atoms with Gasteiger partial charge in [0.15, 0.2) is 5.78 Å². The number of Topliss-reactive ketones (excluding diaryl/α,β-unsaturated/α-hetero) is 1. The van der Waals surface area contributed by atoms with Gasteiger partial charge in [0, 0.05) is 24.6 Å². The monoisotopic (exact) mass is 500 g/mol. The molecule has 3 aromatic rings. The van der Waals surface area contributed by atoms with Crippen LogP contribution in [0.1, 0.15) is 28.3 Å². The Morgan fingerprint density at radius 1 is 0.892 bits per heavy atom. The van der Waals surface area contributed by atoms with Gasteiger partial charge in [-0.1, -0.05) is 72.8 Å². The minimum atomic E-state index is -1.60.